The van der Waals surface area contributed by atoms with Crippen molar-refractivity contribution in [3.05, 3.63) is 103 Å². The standard InChI is InChI=1S/C26H21BrCl2FNO3/c27-18-11-21-23(22(30)12-18)26(17-3-7-20(29)8-4-17,34-15-25(14-32)9-10-25)31(24(21)33)13-16-1-5-19(28)6-2-16/h1-8,11-12,32H,9-10,13-15H2. The molecular formula is C26H21BrCl2FNO3. The maximum atomic E-state index is 15.7. The first-order valence-corrected chi connectivity index (χ1v) is 12.4. The molecule has 0 aromatic heterocycles. The summed E-state index contributed by atoms with van der Waals surface area (Å²) in [4.78, 5) is 15.3. The molecule has 3 aromatic rings. The highest BCUT2D eigenvalue weighted by Gasteiger charge is 2.56. The van der Waals surface area contributed by atoms with Crippen LogP contribution in [0, 0.1) is 11.2 Å². The van der Waals surface area contributed by atoms with E-state index in [9.17, 15) is 9.90 Å². The van der Waals surface area contributed by atoms with Crippen LogP contribution in [0.5, 0.6) is 0 Å². The quantitative estimate of drug-likeness (QED) is 0.354. The van der Waals surface area contributed by atoms with E-state index in [0.717, 1.165) is 18.4 Å². The van der Waals surface area contributed by atoms with Crippen molar-refractivity contribution in [2.45, 2.75) is 25.1 Å². The summed E-state index contributed by atoms with van der Waals surface area (Å²) in [5.74, 6) is -0.908. The van der Waals surface area contributed by atoms with Gasteiger partial charge >= 0.3 is 0 Å². The number of halogens is 4. The predicted molar refractivity (Wildman–Crippen MR) is 132 cm³/mol. The lowest BCUT2D eigenvalue weighted by atomic mass is 9.92. The third kappa shape index (κ3) is 4.06. The lowest BCUT2D eigenvalue weighted by molar-refractivity contribution is -0.130. The monoisotopic (exact) mass is 563 g/mol. The van der Waals surface area contributed by atoms with Crippen molar-refractivity contribution in [3.8, 4) is 0 Å². The Hall–Kier alpha value is -1.96. The number of rotatable bonds is 7. The minimum atomic E-state index is -1.54. The Labute approximate surface area is 215 Å². The molecule has 2 aliphatic rings. The summed E-state index contributed by atoms with van der Waals surface area (Å²) < 4.78 is 22.7. The van der Waals surface area contributed by atoms with Crippen molar-refractivity contribution in [1.82, 2.24) is 4.90 Å². The smallest absolute Gasteiger partial charge is 0.257 e. The molecule has 8 heteroatoms. The van der Waals surface area contributed by atoms with Gasteiger partial charge in [-0.05, 0) is 54.8 Å². The number of aliphatic hydroxyl groups is 1. The minimum Gasteiger partial charge on any atom is -0.396 e. The summed E-state index contributed by atoms with van der Waals surface area (Å²) in [6.07, 6.45) is 1.61. The largest absolute Gasteiger partial charge is 0.396 e. The zero-order valence-corrected chi connectivity index (χ0v) is 21.1. The van der Waals surface area contributed by atoms with Gasteiger partial charge in [0.25, 0.3) is 5.91 Å². The Morgan fingerprint density at radius 1 is 1.03 bits per heavy atom. The second-order valence-electron chi connectivity index (χ2n) is 8.93. The van der Waals surface area contributed by atoms with E-state index in [4.69, 9.17) is 27.9 Å². The van der Waals surface area contributed by atoms with E-state index in [-0.39, 0.29) is 42.2 Å². The van der Waals surface area contributed by atoms with Crippen molar-refractivity contribution in [2.24, 2.45) is 5.41 Å². The van der Waals surface area contributed by atoms with Gasteiger partial charge in [-0.3, -0.25) is 9.69 Å². The molecule has 1 amide bonds. The number of aliphatic hydroxyl groups excluding tert-OH is 1. The van der Waals surface area contributed by atoms with Crippen LogP contribution in [0.2, 0.25) is 10.0 Å². The van der Waals surface area contributed by atoms with Gasteiger partial charge in [-0.1, -0.05) is 63.4 Å². The van der Waals surface area contributed by atoms with Crippen LogP contribution < -0.4 is 0 Å². The number of nitrogens with zero attached hydrogens (tertiary/aromatic N) is 1. The zero-order chi connectivity index (χ0) is 24.1. The van der Waals surface area contributed by atoms with E-state index in [1.54, 1.807) is 47.4 Å². The summed E-state index contributed by atoms with van der Waals surface area (Å²) >= 11 is 15.5. The molecule has 1 saturated carbocycles. The molecule has 5 rings (SSSR count). The molecule has 0 saturated heterocycles. The van der Waals surface area contributed by atoms with Crippen LogP contribution in [-0.2, 0) is 17.0 Å². The summed E-state index contributed by atoms with van der Waals surface area (Å²) in [7, 11) is 0. The van der Waals surface area contributed by atoms with Crippen molar-refractivity contribution >= 4 is 45.0 Å². The van der Waals surface area contributed by atoms with Crippen LogP contribution in [0.1, 0.15) is 39.9 Å². The number of amides is 1. The lowest BCUT2D eigenvalue weighted by Crippen LogP contribution is -2.48. The number of hydrogen-bond donors (Lipinski definition) is 1. The third-order valence-corrected chi connectivity index (χ3v) is 7.58. The first-order valence-electron chi connectivity index (χ1n) is 10.8. The number of ether oxygens (including phenoxy) is 1. The molecule has 0 radical (unpaired) electrons. The molecule has 1 aliphatic heterocycles. The van der Waals surface area contributed by atoms with Gasteiger partial charge in [-0.15, -0.1) is 0 Å². The Morgan fingerprint density at radius 2 is 1.65 bits per heavy atom. The maximum Gasteiger partial charge on any atom is 0.257 e. The molecule has 176 valence electrons. The van der Waals surface area contributed by atoms with Gasteiger partial charge in [-0.2, -0.15) is 0 Å². The topological polar surface area (TPSA) is 49.8 Å². The highest BCUT2D eigenvalue weighted by Crippen LogP contribution is 2.52. The van der Waals surface area contributed by atoms with Crippen LogP contribution in [0.4, 0.5) is 4.39 Å². The fourth-order valence-electron chi connectivity index (χ4n) is 4.46. The second kappa shape index (κ2) is 8.92. The first-order chi connectivity index (χ1) is 16.3. The molecule has 1 fully saturated rings. The number of carbonyl (C=O) groups is 1. The Morgan fingerprint density at radius 3 is 2.24 bits per heavy atom. The summed E-state index contributed by atoms with van der Waals surface area (Å²) in [6, 6.07) is 17.0. The normalized spacial score (nSPS) is 20.5. The Kier molecular flexibility index (Phi) is 6.23. The van der Waals surface area contributed by atoms with Crippen molar-refractivity contribution in [2.75, 3.05) is 13.2 Å². The molecule has 4 nitrogen and oxygen atoms in total. The van der Waals surface area contributed by atoms with Crippen LogP contribution in [0.15, 0.2) is 65.1 Å². The van der Waals surface area contributed by atoms with E-state index in [1.807, 2.05) is 12.1 Å². The Bertz CT molecular complexity index is 1250. The average Bonchev–Trinajstić information content (AvgIpc) is 3.56. The van der Waals surface area contributed by atoms with Crippen molar-refractivity contribution in [1.29, 1.82) is 0 Å². The van der Waals surface area contributed by atoms with E-state index >= 15 is 4.39 Å². The van der Waals surface area contributed by atoms with E-state index in [1.165, 1.54) is 6.07 Å². The van der Waals surface area contributed by atoms with Crippen LogP contribution in [0.25, 0.3) is 0 Å². The van der Waals surface area contributed by atoms with Gasteiger partial charge in [0.2, 0.25) is 0 Å². The number of benzene rings is 3. The van der Waals surface area contributed by atoms with Crippen LogP contribution in [0.3, 0.4) is 0 Å². The molecule has 1 unspecified atom stereocenters. The molecular weight excluding hydrogens is 544 g/mol. The fraction of sp³-hybridized carbons (Fsp3) is 0.269. The van der Waals surface area contributed by atoms with E-state index in [0.29, 0.717) is 20.1 Å². The molecule has 0 bridgehead atoms. The SMILES string of the molecule is O=C1c2cc(Br)cc(F)c2C(OCC2(CO)CC2)(c2ccc(Cl)cc2)N1Cc1ccc(Cl)cc1. The Balaban J connectivity index is 1.71. The lowest BCUT2D eigenvalue weighted by Gasteiger charge is -2.40. The summed E-state index contributed by atoms with van der Waals surface area (Å²) in [6.45, 7) is 0.298. The van der Waals surface area contributed by atoms with Gasteiger partial charge < -0.3 is 9.84 Å². The highest BCUT2D eigenvalue weighted by molar-refractivity contribution is 9.10. The molecule has 1 aliphatic carbocycles. The van der Waals surface area contributed by atoms with E-state index < -0.39 is 11.5 Å². The molecule has 34 heavy (non-hydrogen) atoms. The molecule has 1 atom stereocenters. The van der Waals surface area contributed by atoms with Crippen LogP contribution >= 0.6 is 39.1 Å². The van der Waals surface area contributed by atoms with Gasteiger partial charge in [0.1, 0.15) is 5.82 Å². The molecule has 3 aromatic carbocycles. The van der Waals surface area contributed by atoms with Gasteiger partial charge in [0, 0.05) is 32.0 Å². The molecule has 1 heterocycles. The van der Waals surface area contributed by atoms with Crippen molar-refractivity contribution in [3.63, 3.8) is 0 Å². The van der Waals surface area contributed by atoms with E-state index in [2.05, 4.69) is 15.9 Å². The van der Waals surface area contributed by atoms with Gasteiger partial charge in [0.15, 0.2) is 5.72 Å². The molecule has 1 N–H and O–H groups in total. The predicted octanol–water partition coefficient (Wildman–Crippen LogP) is 6.54. The summed E-state index contributed by atoms with van der Waals surface area (Å²) in [5, 5.41) is 11.0. The van der Waals surface area contributed by atoms with Gasteiger partial charge in [-0.25, -0.2) is 4.39 Å². The van der Waals surface area contributed by atoms with Crippen LogP contribution in [-0.4, -0.2) is 29.1 Å². The highest BCUT2D eigenvalue weighted by atomic mass is 79.9. The zero-order valence-electron chi connectivity index (χ0n) is 18.0. The first kappa shape index (κ1) is 23.8. The summed E-state index contributed by atoms with van der Waals surface area (Å²) in [5.41, 5.74) is -0.145. The third-order valence-electron chi connectivity index (χ3n) is 6.62. The maximum absolute atomic E-state index is 15.7. The number of hydrogen-bond acceptors (Lipinski definition) is 3. The minimum absolute atomic E-state index is 0.0372. The fourth-order valence-corrected chi connectivity index (χ4v) is 5.14. The second-order valence-corrected chi connectivity index (χ2v) is 10.7. The van der Waals surface area contributed by atoms with Gasteiger partial charge in [0.05, 0.1) is 24.3 Å². The number of fused-ring (bicyclic) bond motifs is 1. The molecule has 0 spiro atoms. The average molecular weight is 565 g/mol. The van der Waals surface area contributed by atoms with Crippen molar-refractivity contribution < 1.29 is 19.0 Å². The number of carbonyl (C=O) groups excluding carboxylic acids is 1.